The van der Waals surface area contributed by atoms with Crippen LogP contribution in [0.25, 0.3) is 0 Å². The van der Waals surface area contributed by atoms with Gasteiger partial charge in [-0.1, -0.05) is 19.3 Å². The third-order valence-electron chi connectivity index (χ3n) is 4.19. The first-order valence-electron chi connectivity index (χ1n) is 7.84. The molecule has 1 aromatic carbocycles. The molecule has 0 bridgehead atoms. The van der Waals surface area contributed by atoms with Crippen LogP contribution < -0.4 is 19.5 Å². The Morgan fingerprint density at radius 3 is 2.00 bits per heavy atom. The summed E-state index contributed by atoms with van der Waals surface area (Å²) in [5.74, 6) is 2.34. The van der Waals surface area contributed by atoms with E-state index in [0.29, 0.717) is 6.04 Å². The van der Waals surface area contributed by atoms with Gasteiger partial charge in [-0.3, -0.25) is 0 Å². The lowest BCUT2D eigenvalue weighted by Gasteiger charge is -2.29. The molecule has 118 valence electrons. The van der Waals surface area contributed by atoms with Gasteiger partial charge in [-0.05, 0) is 26.3 Å². The lowest BCUT2D eigenvalue weighted by Crippen LogP contribution is -2.41. The van der Waals surface area contributed by atoms with Crippen molar-refractivity contribution in [2.75, 3.05) is 21.3 Å². The van der Waals surface area contributed by atoms with E-state index in [9.17, 15) is 0 Å². The average molecular weight is 293 g/mol. The van der Waals surface area contributed by atoms with E-state index in [2.05, 4.69) is 5.32 Å². The van der Waals surface area contributed by atoms with Gasteiger partial charge >= 0.3 is 0 Å². The Hall–Kier alpha value is -1.42. The molecule has 2 unspecified atom stereocenters. The molecule has 0 aliphatic heterocycles. The number of nitrogens with one attached hydrogen (secondary N) is 1. The monoisotopic (exact) mass is 293 g/mol. The second kappa shape index (κ2) is 8.13. The van der Waals surface area contributed by atoms with E-state index >= 15 is 0 Å². The van der Waals surface area contributed by atoms with E-state index in [1.54, 1.807) is 14.2 Å². The number of hydrogen-bond acceptors (Lipinski definition) is 4. The predicted molar refractivity (Wildman–Crippen MR) is 84.5 cm³/mol. The summed E-state index contributed by atoms with van der Waals surface area (Å²) in [6.07, 6.45) is 7.59. The molecule has 1 saturated carbocycles. The van der Waals surface area contributed by atoms with Gasteiger partial charge < -0.3 is 19.5 Å². The van der Waals surface area contributed by atoms with Crippen LogP contribution in [0.5, 0.6) is 17.2 Å². The van der Waals surface area contributed by atoms with Gasteiger partial charge in [-0.15, -0.1) is 0 Å². The molecule has 0 amide bonds. The summed E-state index contributed by atoms with van der Waals surface area (Å²) in [4.78, 5) is 0. The van der Waals surface area contributed by atoms with Gasteiger partial charge in [0.2, 0.25) is 0 Å². The van der Waals surface area contributed by atoms with Crippen molar-refractivity contribution in [2.24, 2.45) is 0 Å². The van der Waals surface area contributed by atoms with Gasteiger partial charge in [0.05, 0.1) is 14.2 Å². The molecular formula is C17H27NO3. The van der Waals surface area contributed by atoms with Gasteiger partial charge in [0, 0.05) is 24.2 Å². The lowest BCUT2D eigenvalue weighted by atomic mass is 9.94. The van der Waals surface area contributed by atoms with Crippen molar-refractivity contribution in [3.8, 4) is 17.2 Å². The number of benzene rings is 1. The summed E-state index contributed by atoms with van der Waals surface area (Å²) in [6, 6.07) is 6.12. The van der Waals surface area contributed by atoms with Crippen LogP contribution in [-0.4, -0.2) is 33.4 Å². The van der Waals surface area contributed by atoms with Crippen LogP contribution in [0, 0.1) is 0 Å². The maximum Gasteiger partial charge on any atom is 0.127 e. The van der Waals surface area contributed by atoms with E-state index in [0.717, 1.165) is 23.7 Å². The number of methoxy groups -OCH3 is 2. The highest BCUT2D eigenvalue weighted by molar-refractivity contribution is 5.42. The van der Waals surface area contributed by atoms with Gasteiger partial charge in [0.15, 0.2) is 0 Å². The Labute approximate surface area is 127 Å². The standard InChI is InChI=1S/C17H27NO3/c1-18-16-8-6-4-5-7-9-17(16)21-15-11-13(19-2)10-14(12-15)20-3/h10-12,16-18H,4-9H2,1-3H3. The summed E-state index contributed by atoms with van der Waals surface area (Å²) >= 11 is 0. The molecule has 0 aromatic heterocycles. The molecule has 1 aliphatic rings. The van der Waals surface area contributed by atoms with Crippen LogP contribution >= 0.6 is 0 Å². The number of ether oxygens (including phenoxy) is 3. The fraction of sp³-hybridized carbons (Fsp3) is 0.647. The zero-order valence-electron chi connectivity index (χ0n) is 13.4. The molecule has 0 radical (unpaired) electrons. The lowest BCUT2D eigenvalue weighted by molar-refractivity contribution is 0.130. The second-order valence-corrected chi connectivity index (χ2v) is 5.59. The van der Waals surface area contributed by atoms with Crippen molar-refractivity contribution in [1.29, 1.82) is 0 Å². The van der Waals surface area contributed by atoms with Gasteiger partial charge in [-0.25, -0.2) is 0 Å². The molecule has 1 fully saturated rings. The van der Waals surface area contributed by atoms with E-state index < -0.39 is 0 Å². The maximum absolute atomic E-state index is 6.26. The third-order valence-corrected chi connectivity index (χ3v) is 4.19. The minimum Gasteiger partial charge on any atom is -0.496 e. The molecule has 1 N–H and O–H groups in total. The zero-order valence-corrected chi connectivity index (χ0v) is 13.4. The second-order valence-electron chi connectivity index (χ2n) is 5.59. The molecule has 2 rings (SSSR count). The first-order chi connectivity index (χ1) is 10.3. The van der Waals surface area contributed by atoms with Crippen molar-refractivity contribution in [3.05, 3.63) is 18.2 Å². The average Bonchev–Trinajstić information content (AvgIpc) is 2.50. The largest absolute Gasteiger partial charge is 0.496 e. The van der Waals surface area contributed by atoms with Crippen LogP contribution in [0.15, 0.2) is 18.2 Å². The highest BCUT2D eigenvalue weighted by Crippen LogP contribution is 2.30. The van der Waals surface area contributed by atoms with Crippen LogP contribution in [0.2, 0.25) is 0 Å². The molecular weight excluding hydrogens is 266 g/mol. The van der Waals surface area contributed by atoms with E-state index in [-0.39, 0.29) is 6.10 Å². The molecule has 0 heterocycles. The SMILES string of the molecule is CNC1CCCCCCC1Oc1cc(OC)cc(OC)c1. The molecule has 21 heavy (non-hydrogen) atoms. The summed E-state index contributed by atoms with van der Waals surface area (Å²) in [7, 11) is 5.34. The van der Waals surface area contributed by atoms with E-state index in [4.69, 9.17) is 14.2 Å². The Bertz CT molecular complexity index is 414. The first-order valence-corrected chi connectivity index (χ1v) is 7.84. The first kappa shape index (κ1) is 16.0. The molecule has 1 aliphatic carbocycles. The van der Waals surface area contributed by atoms with Crippen molar-refractivity contribution >= 4 is 0 Å². The van der Waals surface area contributed by atoms with Gasteiger partial charge in [0.25, 0.3) is 0 Å². The smallest absolute Gasteiger partial charge is 0.127 e. The normalized spacial score (nSPS) is 23.0. The van der Waals surface area contributed by atoms with Crippen molar-refractivity contribution < 1.29 is 14.2 Å². The minimum atomic E-state index is 0.201. The molecule has 2 atom stereocenters. The summed E-state index contributed by atoms with van der Waals surface area (Å²) in [5, 5.41) is 3.41. The van der Waals surface area contributed by atoms with Crippen LogP contribution in [-0.2, 0) is 0 Å². The summed E-state index contributed by atoms with van der Waals surface area (Å²) in [5.41, 5.74) is 0. The zero-order chi connectivity index (χ0) is 15.1. The Kier molecular flexibility index (Phi) is 6.18. The predicted octanol–water partition coefficient (Wildman–Crippen LogP) is 3.39. The molecule has 0 saturated heterocycles. The van der Waals surface area contributed by atoms with Gasteiger partial charge in [-0.2, -0.15) is 0 Å². The minimum absolute atomic E-state index is 0.201. The highest BCUT2D eigenvalue weighted by Gasteiger charge is 2.23. The number of rotatable bonds is 5. The van der Waals surface area contributed by atoms with Crippen molar-refractivity contribution in [1.82, 2.24) is 5.32 Å². The molecule has 4 nitrogen and oxygen atoms in total. The van der Waals surface area contributed by atoms with Crippen LogP contribution in [0.1, 0.15) is 38.5 Å². The molecule has 0 spiro atoms. The van der Waals surface area contributed by atoms with E-state index in [1.165, 1.54) is 32.1 Å². The van der Waals surface area contributed by atoms with Crippen LogP contribution in [0.3, 0.4) is 0 Å². The third kappa shape index (κ3) is 4.53. The Morgan fingerprint density at radius 2 is 1.43 bits per heavy atom. The highest BCUT2D eigenvalue weighted by atomic mass is 16.5. The maximum atomic E-state index is 6.26. The Balaban J connectivity index is 2.13. The molecule has 1 aromatic rings. The topological polar surface area (TPSA) is 39.7 Å². The van der Waals surface area contributed by atoms with E-state index in [1.807, 2.05) is 25.2 Å². The fourth-order valence-electron chi connectivity index (χ4n) is 2.95. The number of likely N-dealkylation sites (N-methyl/N-ethyl adjacent to an activating group) is 1. The quantitative estimate of drug-likeness (QED) is 0.903. The van der Waals surface area contributed by atoms with Crippen molar-refractivity contribution in [2.45, 2.75) is 50.7 Å². The summed E-state index contributed by atoms with van der Waals surface area (Å²) in [6.45, 7) is 0. The number of hydrogen-bond donors (Lipinski definition) is 1. The molecule has 4 heteroatoms. The van der Waals surface area contributed by atoms with Crippen molar-refractivity contribution in [3.63, 3.8) is 0 Å². The summed E-state index contributed by atoms with van der Waals surface area (Å²) < 4.78 is 16.9. The Morgan fingerprint density at radius 1 is 0.857 bits per heavy atom. The van der Waals surface area contributed by atoms with Gasteiger partial charge in [0.1, 0.15) is 23.4 Å². The van der Waals surface area contributed by atoms with Crippen LogP contribution in [0.4, 0.5) is 0 Å². The fourth-order valence-corrected chi connectivity index (χ4v) is 2.95.